The summed E-state index contributed by atoms with van der Waals surface area (Å²) in [5.74, 6) is 1.18. The largest absolute Gasteiger partial charge is 0.353 e. The molecular weight excluding hydrogens is 334 g/mol. The van der Waals surface area contributed by atoms with Gasteiger partial charge in [0.1, 0.15) is 5.82 Å². The van der Waals surface area contributed by atoms with Gasteiger partial charge in [-0.1, -0.05) is 60.7 Å². The molecule has 4 rings (SSSR count). The first-order chi connectivity index (χ1) is 13.3. The lowest BCUT2D eigenvalue weighted by atomic mass is 10.0. The molecule has 0 unspecified atom stereocenters. The van der Waals surface area contributed by atoms with E-state index in [1.807, 2.05) is 47.5 Å². The summed E-state index contributed by atoms with van der Waals surface area (Å²) < 4.78 is 0. The van der Waals surface area contributed by atoms with Gasteiger partial charge in [0.2, 0.25) is 5.91 Å². The molecule has 1 aromatic heterocycles. The van der Waals surface area contributed by atoms with Crippen LogP contribution in [0.15, 0.2) is 79.0 Å². The second kappa shape index (κ2) is 8.04. The molecule has 1 fully saturated rings. The van der Waals surface area contributed by atoms with Gasteiger partial charge in [-0.15, -0.1) is 0 Å². The van der Waals surface area contributed by atoms with E-state index >= 15 is 0 Å². The molecule has 1 aliphatic heterocycles. The molecule has 4 nitrogen and oxygen atoms in total. The molecular formula is C23H23N3O. The van der Waals surface area contributed by atoms with E-state index in [9.17, 15) is 4.79 Å². The summed E-state index contributed by atoms with van der Waals surface area (Å²) in [6, 6.07) is 24.5. The van der Waals surface area contributed by atoms with Gasteiger partial charge < -0.3 is 9.80 Å². The number of rotatable bonds is 4. The molecule has 2 aromatic carbocycles. The Morgan fingerprint density at radius 3 is 2.11 bits per heavy atom. The number of hydrogen-bond acceptors (Lipinski definition) is 3. The quantitative estimate of drug-likeness (QED) is 0.715. The van der Waals surface area contributed by atoms with E-state index in [4.69, 9.17) is 0 Å². The van der Waals surface area contributed by atoms with Crippen LogP contribution in [0.5, 0.6) is 0 Å². The van der Waals surface area contributed by atoms with Crippen molar-refractivity contribution in [2.24, 2.45) is 0 Å². The van der Waals surface area contributed by atoms with Crippen LogP contribution in [0, 0.1) is 0 Å². The lowest BCUT2D eigenvalue weighted by Gasteiger charge is -2.35. The van der Waals surface area contributed by atoms with Crippen molar-refractivity contribution in [3.8, 4) is 11.1 Å². The van der Waals surface area contributed by atoms with Crippen LogP contribution in [0.25, 0.3) is 11.1 Å². The Kier molecular flexibility index (Phi) is 5.15. The first kappa shape index (κ1) is 17.3. The average Bonchev–Trinajstić information content (AvgIpc) is 2.76. The van der Waals surface area contributed by atoms with Gasteiger partial charge in [0.05, 0.1) is 6.42 Å². The van der Waals surface area contributed by atoms with Crippen LogP contribution in [0.1, 0.15) is 5.56 Å². The highest BCUT2D eigenvalue weighted by Crippen LogP contribution is 2.20. The molecule has 1 saturated heterocycles. The zero-order valence-corrected chi connectivity index (χ0v) is 15.3. The van der Waals surface area contributed by atoms with E-state index in [0.717, 1.165) is 37.6 Å². The minimum absolute atomic E-state index is 0.197. The van der Waals surface area contributed by atoms with Crippen molar-refractivity contribution in [2.45, 2.75) is 6.42 Å². The number of amides is 1. The summed E-state index contributed by atoms with van der Waals surface area (Å²) in [7, 11) is 0. The number of nitrogens with zero attached hydrogens (tertiary/aromatic N) is 3. The van der Waals surface area contributed by atoms with Crippen molar-refractivity contribution >= 4 is 11.7 Å². The van der Waals surface area contributed by atoms with Crippen molar-refractivity contribution in [1.29, 1.82) is 0 Å². The number of anilines is 1. The fourth-order valence-corrected chi connectivity index (χ4v) is 3.46. The van der Waals surface area contributed by atoms with Crippen LogP contribution >= 0.6 is 0 Å². The predicted octanol–water partition coefficient (Wildman–Crippen LogP) is 3.64. The maximum atomic E-state index is 12.7. The summed E-state index contributed by atoms with van der Waals surface area (Å²) in [6.45, 7) is 3.15. The number of benzene rings is 2. The van der Waals surface area contributed by atoms with Crippen molar-refractivity contribution < 1.29 is 4.79 Å². The molecule has 136 valence electrons. The summed E-state index contributed by atoms with van der Waals surface area (Å²) in [6.07, 6.45) is 2.27. The SMILES string of the molecule is O=C(Cc1ccc(-c2ccccc2)cc1)N1CCN(c2ccccn2)CC1. The van der Waals surface area contributed by atoms with Crippen molar-refractivity contribution in [3.05, 3.63) is 84.6 Å². The Labute approximate surface area is 160 Å². The number of carbonyl (C=O) groups is 1. The van der Waals surface area contributed by atoms with Crippen LogP contribution in [0.3, 0.4) is 0 Å². The van der Waals surface area contributed by atoms with Gasteiger partial charge in [0.25, 0.3) is 0 Å². The van der Waals surface area contributed by atoms with Gasteiger partial charge in [-0.2, -0.15) is 0 Å². The molecule has 0 saturated carbocycles. The monoisotopic (exact) mass is 357 g/mol. The number of aromatic nitrogens is 1. The lowest BCUT2D eigenvalue weighted by Crippen LogP contribution is -2.49. The first-order valence-electron chi connectivity index (χ1n) is 9.38. The van der Waals surface area contributed by atoms with Gasteiger partial charge >= 0.3 is 0 Å². The molecule has 27 heavy (non-hydrogen) atoms. The fraction of sp³-hybridized carbons (Fsp3) is 0.217. The minimum atomic E-state index is 0.197. The van der Waals surface area contributed by atoms with E-state index in [2.05, 4.69) is 46.3 Å². The Morgan fingerprint density at radius 1 is 0.778 bits per heavy atom. The highest BCUT2D eigenvalue weighted by molar-refractivity contribution is 5.79. The van der Waals surface area contributed by atoms with Gasteiger partial charge in [-0.3, -0.25) is 4.79 Å². The molecule has 2 heterocycles. The Morgan fingerprint density at radius 2 is 1.44 bits per heavy atom. The van der Waals surface area contributed by atoms with E-state index in [0.29, 0.717) is 6.42 Å². The summed E-state index contributed by atoms with van der Waals surface area (Å²) in [5.41, 5.74) is 3.43. The molecule has 4 heteroatoms. The summed E-state index contributed by atoms with van der Waals surface area (Å²) in [4.78, 5) is 21.3. The predicted molar refractivity (Wildman–Crippen MR) is 109 cm³/mol. The number of carbonyl (C=O) groups excluding carboxylic acids is 1. The topological polar surface area (TPSA) is 36.4 Å². The van der Waals surface area contributed by atoms with Gasteiger partial charge in [-0.25, -0.2) is 4.98 Å². The smallest absolute Gasteiger partial charge is 0.227 e. The molecule has 1 aliphatic rings. The highest BCUT2D eigenvalue weighted by atomic mass is 16.2. The van der Waals surface area contributed by atoms with Crippen molar-refractivity contribution in [2.75, 3.05) is 31.1 Å². The number of pyridine rings is 1. The molecule has 0 atom stereocenters. The third kappa shape index (κ3) is 4.17. The van der Waals surface area contributed by atoms with Crippen LogP contribution in [-0.4, -0.2) is 42.0 Å². The summed E-state index contributed by atoms with van der Waals surface area (Å²) in [5, 5.41) is 0. The van der Waals surface area contributed by atoms with Crippen molar-refractivity contribution in [3.63, 3.8) is 0 Å². The van der Waals surface area contributed by atoms with Gasteiger partial charge in [0, 0.05) is 32.4 Å². The zero-order valence-electron chi connectivity index (χ0n) is 15.3. The maximum Gasteiger partial charge on any atom is 0.227 e. The van der Waals surface area contributed by atoms with Crippen molar-refractivity contribution in [1.82, 2.24) is 9.88 Å². The van der Waals surface area contributed by atoms with Gasteiger partial charge in [-0.05, 0) is 28.8 Å². The van der Waals surface area contributed by atoms with E-state index in [1.54, 1.807) is 0 Å². The normalized spacial score (nSPS) is 14.2. The number of piperazine rings is 1. The average molecular weight is 357 g/mol. The molecule has 0 aliphatic carbocycles. The van der Waals surface area contributed by atoms with E-state index in [1.165, 1.54) is 11.1 Å². The molecule has 0 radical (unpaired) electrons. The molecule has 0 bridgehead atoms. The first-order valence-corrected chi connectivity index (χ1v) is 9.38. The van der Waals surface area contributed by atoms with E-state index in [-0.39, 0.29) is 5.91 Å². The minimum Gasteiger partial charge on any atom is -0.353 e. The molecule has 0 spiro atoms. The van der Waals surface area contributed by atoms with Crippen LogP contribution in [0.2, 0.25) is 0 Å². The Balaban J connectivity index is 1.33. The van der Waals surface area contributed by atoms with Gasteiger partial charge in [0.15, 0.2) is 0 Å². The summed E-state index contributed by atoms with van der Waals surface area (Å²) >= 11 is 0. The molecule has 1 amide bonds. The third-order valence-electron chi connectivity index (χ3n) is 5.02. The highest BCUT2D eigenvalue weighted by Gasteiger charge is 2.21. The second-order valence-electron chi connectivity index (χ2n) is 6.80. The third-order valence-corrected chi connectivity index (χ3v) is 5.02. The lowest BCUT2D eigenvalue weighted by molar-refractivity contribution is -0.130. The standard InChI is InChI=1S/C23H23N3O/c27-23(26-16-14-25(15-17-26)22-8-4-5-13-24-22)18-19-9-11-21(12-10-19)20-6-2-1-3-7-20/h1-13H,14-18H2. The van der Waals surface area contributed by atoms with Crippen LogP contribution in [0.4, 0.5) is 5.82 Å². The zero-order chi connectivity index (χ0) is 18.5. The Hall–Kier alpha value is -3.14. The fourth-order valence-electron chi connectivity index (χ4n) is 3.46. The maximum absolute atomic E-state index is 12.7. The number of hydrogen-bond donors (Lipinski definition) is 0. The van der Waals surface area contributed by atoms with Crippen LogP contribution < -0.4 is 4.90 Å². The Bertz CT molecular complexity index is 871. The van der Waals surface area contributed by atoms with Crippen LogP contribution in [-0.2, 0) is 11.2 Å². The van der Waals surface area contributed by atoms with E-state index < -0.39 is 0 Å². The molecule has 3 aromatic rings. The second-order valence-corrected chi connectivity index (χ2v) is 6.80. The molecule has 0 N–H and O–H groups in total.